The fourth-order valence-electron chi connectivity index (χ4n) is 2.82. The summed E-state index contributed by atoms with van der Waals surface area (Å²) in [5.41, 5.74) is 2.03. The highest BCUT2D eigenvalue weighted by molar-refractivity contribution is 6.39. The number of carbonyl (C=O) groups is 2. The summed E-state index contributed by atoms with van der Waals surface area (Å²) in [7, 11) is 0. The number of benzene rings is 3. The van der Waals surface area contributed by atoms with Gasteiger partial charge in [0.25, 0.3) is 0 Å². The first kappa shape index (κ1) is 18.3. The van der Waals surface area contributed by atoms with E-state index in [0.717, 1.165) is 11.1 Å². The smallest absolute Gasteiger partial charge is 0.313 e. The molecule has 0 unspecified atom stereocenters. The van der Waals surface area contributed by atoms with Crippen LogP contribution in [0.2, 0.25) is 0 Å². The first-order chi connectivity index (χ1) is 13.1. The van der Waals surface area contributed by atoms with Gasteiger partial charge in [0.05, 0.1) is 5.69 Å². The van der Waals surface area contributed by atoms with Crippen LogP contribution in [0, 0.1) is 5.82 Å². The molecular formula is C22H19FN2O2. The van der Waals surface area contributed by atoms with Gasteiger partial charge in [-0.05, 0) is 23.3 Å². The molecule has 136 valence electrons. The lowest BCUT2D eigenvalue weighted by Gasteiger charge is -2.18. The minimum atomic E-state index is -0.903. The van der Waals surface area contributed by atoms with Gasteiger partial charge < -0.3 is 10.6 Å². The van der Waals surface area contributed by atoms with E-state index in [2.05, 4.69) is 10.6 Å². The van der Waals surface area contributed by atoms with Crippen LogP contribution in [-0.4, -0.2) is 18.4 Å². The van der Waals surface area contributed by atoms with E-state index in [1.54, 1.807) is 6.07 Å². The van der Waals surface area contributed by atoms with Crippen molar-refractivity contribution in [3.63, 3.8) is 0 Å². The lowest BCUT2D eigenvalue weighted by molar-refractivity contribution is -0.136. The third-order valence-corrected chi connectivity index (χ3v) is 4.20. The summed E-state index contributed by atoms with van der Waals surface area (Å²) in [6.07, 6.45) is 0. The van der Waals surface area contributed by atoms with Crippen LogP contribution >= 0.6 is 0 Å². The van der Waals surface area contributed by atoms with Gasteiger partial charge >= 0.3 is 11.8 Å². The monoisotopic (exact) mass is 362 g/mol. The zero-order valence-electron chi connectivity index (χ0n) is 14.6. The number of rotatable bonds is 5. The molecule has 27 heavy (non-hydrogen) atoms. The van der Waals surface area contributed by atoms with Gasteiger partial charge in [-0.25, -0.2) is 4.39 Å². The van der Waals surface area contributed by atoms with Gasteiger partial charge in [0.15, 0.2) is 0 Å². The first-order valence-corrected chi connectivity index (χ1v) is 8.59. The van der Waals surface area contributed by atoms with Gasteiger partial charge in [-0.1, -0.05) is 72.8 Å². The molecule has 2 amide bonds. The molecule has 4 nitrogen and oxygen atoms in total. The summed E-state index contributed by atoms with van der Waals surface area (Å²) < 4.78 is 13.6. The average Bonchev–Trinajstić information content (AvgIpc) is 2.71. The number of halogens is 1. The van der Waals surface area contributed by atoms with Crippen LogP contribution in [0.15, 0.2) is 84.9 Å². The van der Waals surface area contributed by atoms with Crippen molar-refractivity contribution in [2.75, 3.05) is 11.9 Å². The van der Waals surface area contributed by atoms with Crippen molar-refractivity contribution in [3.8, 4) is 0 Å². The minimum Gasteiger partial charge on any atom is -0.347 e. The third-order valence-electron chi connectivity index (χ3n) is 4.20. The molecule has 5 heteroatoms. The summed E-state index contributed by atoms with van der Waals surface area (Å²) in [5.74, 6) is -2.40. The van der Waals surface area contributed by atoms with Gasteiger partial charge in [0, 0.05) is 12.5 Å². The van der Waals surface area contributed by atoms with Gasteiger partial charge in [-0.15, -0.1) is 0 Å². The summed E-state index contributed by atoms with van der Waals surface area (Å²) >= 11 is 0. The zero-order valence-corrected chi connectivity index (χ0v) is 14.6. The SMILES string of the molecule is O=C(NCC(c1ccccc1)c1ccccc1)C(=O)Nc1ccccc1F. The van der Waals surface area contributed by atoms with Gasteiger partial charge in [-0.2, -0.15) is 0 Å². The first-order valence-electron chi connectivity index (χ1n) is 8.59. The fourth-order valence-corrected chi connectivity index (χ4v) is 2.82. The maximum absolute atomic E-state index is 13.6. The molecule has 0 aliphatic heterocycles. The Balaban J connectivity index is 1.69. The van der Waals surface area contributed by atoms with Crippen LogP contribution in [0.25, 0.3) is 0 Å². The minimum absolute atomic E-state index is 0.0275. The quantitative estimate of drug-likeness (QED) is 0.680. The molecule has 0 heterocycles. The fraction of sp³-hybridized carbons (Fsp3) is 0.0909. The normalized spacial score (nSPS) is 10.4. The van der Waals surface area contributed by atoms with Crippen LogP contribution in [0.1, 0.15) is 17.0 Å². The van der Waals surface area contributed by atoms with Crippen molar-refractivity contribution in [1.82, 2.24) is 5.32 Å². The molecule has 0 aliphatic rings. The number of amides is 2. The van der Waals surface area contributed by atoms with Crippen molar-refractivity contribution in [2.45, 2.75) is 5.92 Å². The lowest BCUT2D eigenvalue weighted by atomic mass is 9.91. The predicted octanol–water partition coefficient (Wildman–Crippen LogP) is 3.71. The molecule has 3 aromatic rings. The lowest BCUT2D eigenvalue weighted by Crippen LogP contribution is -2.38. The molecule has 0 aromatic heterocycles. The molecular weight excluding hydrogens is 343 g/mol. The van der Waals surface area contributed by atoms with Gasteiger partial charge in [0.2, 0.25) is 0 Å². The van der Waals surface area contributed by atoms with Crippen LogP contribution in [0.3, 0.4) is 0 Å². The van der Waals surface area contributed by atoms with E-state index in [1.165, 1.54) is 18.2 Å². The number of hydrogen-bond acceptors (Lipinski definition) is 2. The summed E-state index contributed by atoms with van der Waals surface area (Å²) in [5, 5.41) is 4.93. The van der Waals surface area contributed by atoms with Crippen LogP contribution in [0.4, 0.5) is 10.1 Å². The Morgan fingerprint density at radius 3 is 1.81 bits per heavy atom. The van der Waals surface area contributed by atoms with E-state index >= 15 is 0 Å². The molecule has 3 aromatic carbocycles. The van der Waals surface area contributed by atoms with Crippen LogP contribution in [-0.2, 0) is 9.59 Å². The number of carbonyl (C=O) groups excluding carboxylic acids is 2. The molecule has 0 saturated heterocycles. The highest BCUT2D eigenvalue weighted by atomic mass is 19.1. The Hall–Kier alpha value is -3.47. The number of para-hydroxylation sites is 1. The molecule has 0 radical (unpaired) electrons. The van der Waals surface area contributed by atoms with Crippen molar-refractivity contribution in [3.05, 3.63) is 102 Å². The van der Waals surface area contributed by atoms with E-state index < -0.39 is 17.6 Å². The number of nitrogens with one attached hydrogen (secondary N) is 2. The molecule has 0 bridgehead atoms. The van der Waals surface area contributed by atoms with E-state index in [1.807, 2.05) is 60.7 Å². The van der Waals surface area contributed by atoms with Crippen molar-refractivity contribution >= 4 is 17.5 Å². The second-order valence-electron chi connectivity index (χ2n) is 6.02. The Morgan fingerprint density at radius 2 is 1.26 bits per heavy atom. The standard InChI is InChI=1S/C22H19FN2O2/c23-19-13-7-8-14-20(19)25-22(27)21(26)24-15-18(16-9-3-1-4-10-16)17-11-5-2-6-12-17/h1-14,18H,15H2,(H,24,26)(H,25,27). The van der Waals surface area contributed by atoms with Crippen molar-refractivity contribution in [2.24, 2.45) is 0 Å². The highest BCUT2D eigenvalue weighted by Crippen LogP contribution is 2.23. The summed E-state index contributed by atoms with van der Waals surface area (Å²) in [6.45, 7) is 0.248. The molecule has 0 spiro atoms. The van der Waals surface area contributed by atoms with E-state index in [-0.39, 0.29) is 18.2 Å². The topological polar surface area (TPSA) is 58.2 Å². The van der Waals surface area contributed by atoms with Crippen molar-refractivity contribution < 1.29 is 14.0 Å². The summed E-state index contributed by atoms with van der Waals surface area (Å²) in [4.78, 5) is 24.2. The molecule has 0 saturated carbocycles. The highest BCUT2D eigenvalue weighted by Gasteiger charge is 2.19. The van der Waals surface area contributed by atoms with Crippen LogP contribution in [0.5, 0.6) is 0 Å². The molecule has 0 aliphatic carbocycles. The Bertz CT molecular complexity index is 874. The third kappa shape index (κ3) is 4.79. The van der Waals surface area contributed by atoms with Gasteiger partial charge in [0.1, 0.15) is 5.82 Å². The second kappa shape index (κ2) is 8.76. The maximum atomic E-state index is 13.6. The zero-order chi connectivity index (χ0) is 19.1. The largest absolute Gasteiger partial charge is 0.347 e. The average molecular weight is 362 g/mol. The van der Waals surface area contributed by atoms with E-state index in [4.69, 9.17) is 0 Å². The second-order valence-corrected chi connectivity index (χ2v) is 6.02. The van der Waals surface area contributed by atoms with Crippen molar-refractivity contribution in [1.29, 1.82) is 0 Å². The number of anilines is 1. The Kier molecular flexibility index (Phi) is 5.94. The molecule has 2 N–H and O–H groups in total. The van der Waals surface area contributed by atoms with Crippen LogP contribution < -0.4 is 10.6 Å². The van der Waals surface area contributed by atoms with E-state index in [0.29, 0.717) is 0 Å². The van der Waals surface area contributed by atoms with E-state index in [9.17, 15) is 14.0 Å². The van der Waals surface area contributed by atoms with Gasteiger partial charge in [-0.3, -0.25) is 9.59 Å². The Morgan fingerprint density at radius 1 is 0.741 bits per heavy atom. The molecule has 0 fully saturated rings. The maximum Gasteiger partial charge on any atom is 0.313 e. The Labute approximate surface area is 157 Å². The predicted molar refractivity (Wildman–Crippen MR) is 103 cm³/mol. The number of hydrogen-bond donors (Lipinski definition) is 2. The summed E-state index contributed by atoms with van der Waals surface area (Å²) in [6, 6.07) is 25.2. The molecule has 0 atom stereocenters. The molecule has 3 rings (SSSR count).